The van der Waals surface area contributed by atoms with Gasteiger partial charge in [0.25, 0.3) is 0 Å². The smallest absolute Gasteiger partial charge is 0.131 e. The van der Waals surface area contributed by atoms with Crippen LogP contribution in [0.5, 0.6) is 0 Å². The van der Waals surface area contributed by atoms with Gasteiger partial charge in [0, 0.05) is 11.8 Å². The lowest BCUT2D eigenvalue weighted by Gasteiger charge is -2.11. The van der Waals surface area contributed by atoms with Crippen molar-refractivity contribution in [2.24, 2.45) is 0 Å². The molecule has 1 N–H and O–H groups in total. The number of hydrogen-bond acceptors (Lipinski definition) is 1. The van der Waals surface area contributed by atoms with E-state index in [4.69, 9.17) is 0 Å². The maximum Gasteiger partial charge on any atom is 0.131 e. The van der Waals surface area contributed by atoms with Gasteiger partial charge in [-0.05, 0) is 23.9 Å². The highest BCUT2D eigenvalue weighted by Gasteiger charge is 2.11. The first-order valence-corrected chi connectivity index (χ1v) is 5.49. The Labute approximate surface area is 99.9 Å². The molecule has 0 bridgehead atoms. The standard InChI is InChI=1S/C15H13FO/c1-2-3-8-15(17)13-9-10-14(16)12-7-5-4-6-11(12)13/h4-7,9-10,15,17H,8H2,1H3. The topological polar surface area (TPSA) is 20.2 Å². The van der Waals surface area contributed by atoms with Gasteiger partial charge in [-0.2, -0.15) is 0 Å². The molecule has 0 aliphatic heterocycles. The third-order valence-corrected chi connectivity index (χ3v) is 2.74. The molecule has 2 heteroatoms. The molecule has 1 atom stereocenters. The number of fused-ring (bicyclic) bond motifs is 1. The third kappa shape index (κ3) is 2.30. The molecular formula is C15H13FO. The van der Waals surface area contributed by atoms with Crippen molar-refractivity contribution in [1.29, 1.82) is 0 Å². The van der Waals surface area contributed by atoms with Crippen molar-refractivity contribution >= 4 is 10.8 Å². The van der Waals surface area contributed by atoms with Crippen LogP contribution in [0.3, 0.4) is 0 Å². The van der Waals surface area contributed by atoms with Crippen molar-refractivity contribution in [2.75, 3.05) is 0 Å². The molecule has 86 valence electrons. The molecule has 0 spiro atoms. The Hall–Kier alpha value is -1.85. The van der Waals surface area contributed by atoms with Crippen LogP contribution in [0.2, 0.25) is 0 Å². The second kappa shape index (κ2) is 4.99. The molecule has 0 amide bonds. The normalized spacial score (nSPS) is 11.9. The molecule has 2 aromatic carbocycles. The average Bonchev–Trinajstić information content (AvgIpc) is 2.37. The van der Waals surface area contributed by atoms with E-state index >= 15 is 0 Å². The van der Waals surface area contributed by atoms with E-state index in [2.05, 4.69) is 11.8 Å². The molecule has 2 rings (SSSR count). The highest BCUT2D eigenvalue weighted by molar-refractivity contribution is 5.86. The van der Waals surface area contributed by atoms with Crippen molar-refractivity contribution in [2.45, 2.75) is 19.4 Å². The van der Waals surface area contributed by atoms with E-state index in [1.807, 2.05) is 12.1 Å². The van der Waals surface area contributed by atoms with Gasteiger partial charge < -0.3 is 5.11 Å². The van der Waals surface area contributed by atoms with Gasteiger partial charge in [0.1, 0.15) is 5.82 Å². The number of aliphatic hydroxyl groups excluding tert-OH is 1. The van der Waals surface area contributed by atoms with Gasteiger partial charge in [0.2, 0.25) is 0 Å². The van der Waals surface area contributed by atoms with Gasteiger partial charge in [-0.25, -0.2) is 4.39 Å². The second-order valence-electron chi connectivity index (χ2n) is 3.83. The minimum atomic E-state index is -0.673. The van der Waals surface area contributed by atoms with E-state index in [-0.39, 0.29) is 5.82 Å². The predicted octanol–water partition coefficient (Wildman–Crippen LogP) is 3.43. The zero-order valence-electron chi connectivity index (χ0n) is 9.57. The van der Waals surface area contributed by atoms with Crippen LogP contribution in [0, 0.1) is 17.7 Å². The molecule has 0 fully saturated rings. The summed E-state index contributed by atoms with van der Waals surface area (Å²) in [4.78, 5) is 0. The molecule has 0 radical (unpaired) electrons. The van der Waals surface area contributed by atoms with Crippen molar-refractivity contribution < 1.29 is 9.50 Å². The zero-order chi connectivity index (χ0) is 12.3. The summed E-state index contributed by atoms with van der Waals surface area (Å²) in [6.45, 7) is 1.73. The fourth-order valence-corrected chi connectivity index (χ4v) is 1.88. The average molecular weight is 228 g/mol. The molecular weight excluding hydrogens is 215 g/mol. The number of halogens is 1. The fraction of sp³-hybridized carbons (Fsp3) is 0.200. The first kappa shape index (κ1) is 11.6. The van der Waals surface area contributed by atoms with Crippen LogP contribution in [0.25, 0.3) is 10.8 Å². The summed E-state index contributed by atoms with van der Waals surface area (Å²) >= 11 is 0. The molecule has 0 aliphatic carbocycles. The van der Waals surface area contributed by atoms with Gasteiger partial charge in [-0.1, -0.05) is 30.3 Å². The summed E-state index contributed by atoms with van der Waals surface area (Å²) < 4.78 is 13.6. The number of rotatable bonds is 2. The van der Waals surface area contributed by atoms with Gasteiger partial charge in [-0.15, -0.1) is 11.8 Å². The molecule has 2 aromatic rings. The van der Waals surface area contributed by atoms with Gasteiger partial charge in [-0.3, -0.25) is 0 Å². The van der Waals surface area contributed by atoms with Gasteiger partial charge >= 0.3 is 0 Å². The lowest BCUT2D eigenvalue weighted by atomic mass is 9.98. The summed E-state index contributed by atoms with van der Waals surface area (Å²) in [5.74, 6) is 5.31. The van der Waals surface area contributed by atoms with Crippen molar-refractivity contribution in [3.8, 4) is 11.8 Å². The molecule has 0 heterocycles. The van der Waals surface area contributed by atoms with E-state index in [0.29, 0.717) is 11.8 Å². The number of hydrogen-bond donors (Lipinski definition) is 1. The summed E-state index contributed by atoms with van der Waals surface area (Å²) in [7, 11) is 0. The summed E-state index contributed by atoms with van der Waals surface area (Å²) in [5, 5.41) is 11.3. The van der Waals surface area contributed by atoms with E-state index in [9.17, 15) is 9.50 Å². The van der Waals surface area contributed by atoms with Crippen molar-refractivity contribution in [1.82, 2.24) is 0 Å². The lowest BCUT2D eigenvalue weighted by molar-refractivity contribution is 0.185. The Kier molecular flexibility index (Phi) is 3.41. The number of aliphatic hydroxyl groups is 1. The summed E-state index contributed by atoms with van der Waals surface area (Å²) in [6, 6.07) is 10.2. The Morgan fingerprint density at radius 1 is 1.18 bits per heavy atom. The van der Waals surface area contributed by atoms with Crippen LogP contribution >= 0.6 is 0 Å². The van der Waals surface area contributed by atoms with E-state index < -0.39 is 6.10 Å². The SMILES string of the molecule is CC#CCC(O)c1ccc(F)c2ccccc12. The van der Waals surface area contributed by atoms with E-state index in [1.165, 1.54) is 6.07 Å². The van der Waals surface area contributed by atoms with E-state index in [0.717, 1.165) is 10.9 Å². The zero-order valence-corrected chi connectivity index (χ0v) is 9.57. The van der Waals surface area contributed by atoms with Crippen LogP contribution in [0.4, 0.5) is 4.39 Å². The Balaban J connectivity index is 2.53. The molecule has 0 saturated carbocycles. The molecule has 0 aromatic heterocycles. The first-order valence-electron chi connectivity index (χ1n) is 5.49. The minimum absolute atomic E-state index is 0.266. The minimum Gasteiger partial charge on any atom is -0.387 e. The molecule has 17 heavy (non-hydrogen) atoms. The lowest BCUT2D eigenvalue weighted by Crippen LogP contribution is -1.98. The fourth-order valence-electron chi connectivity index (χ4n) is 1.88. The van der Waals surface area contributed by atoms with Crippen molar-refractivity contribution in [3.63, 3.8) is 0 Å². The maximum atomic E-state index is 13.6. The molecule has 0 aliphatic rings. The quantitative estimate of drug-likeness (QED) is 0.781. The van der Waals surface area contributed by atoms with E-state index in [1.54, 1.807) is 25.1 Å². The number of benzene rings is 2. The second-order valence-corrected chi connectivity index (χ2v) is 3.83. The predicted molar refractivity (Wildman–Crippen MR) is 66.9 cm³/mol. The van der Waals surface area contributed by atoms with Crippen LogP contribution in [-0.4, -0.2) is 5.11 Å². The van der Waals surface area contributed by atoms with Gasteiger partial charge in [0.15, 0.2) is 0 Å². The van der Waals surface area contributed by atoms with Crippen LogP contribution in [0.1, 0.15) is 25.0 Å². The first-order chi connectivity index (χ1) is 8.24. The van der Waals surface area contributed by atoms with Crippen molar-refractivity contribution in [3.05, 3.63) is 47.8 Å². The molecule has 1 unspecified atom stereocenters. The van der Waals surface area contributed by atoms with Gasteiger partial charge in [0.05, 0.1) is 6.10 Å². The summed E-state index contributed by atoms with van der Waals surface area (Å²) in [6.07, 6.45) is -0.306. The monoisotopic (exact) mass is 228 g/mol. The molecule has 0 saturated heterocycles. The Bertz CT molecular complexity index is 593. The van der Waals surface area contributed by atoms with Crippen LogP contribution in [0.15, 0.2) is 36.4 Å². The summed E-state index contributed by atoms with van der Waals surface area (Å²) in [5.41, 5.74) is 0.727. The molecule has 1 nitrogen and oxygen atoms in total. The maximum absolute atomic E-state index is 13.6. The van der Waals surface area contributed by atoms with Crippen LogP contribution in [-0.2, 0) is 0 Å². The third-order valence-electron chi connectivity index (χ3n) is 2.74. The Morgan fingerprint density at radius 2 is 1.88 bits per heavy atom. The van der Waals surface area contributed by atoms with Crippen LogP contribution < -0.4 is 0 Å². The highest BCUT2D eigenvalue weighted by Crippen LogP contribution is 2.27. The highest BCUT2D eigenvalue weighted by atomic mass is 19.1. The Morgan fingerprint density at radius 3 is 2.59 bits per heavy atom. The largest absolute Gasteiger partial charge is 0.387 e.